The van der Waals surface area contributed by atoms with E-state index in [4.69, 9.17) is 0 Å². The SMILES string of the molecule is CCC1CNC(=O)C(C(C)C)N1. The van der Waals surface area contributed by atoms with Crippen molar-refractivity contribution in [1.82, 2.24) is 10.6 Å². The Labute approximate surface area is 73.9 Å². The van der Waals surface area contributed by atoms with Crippen LogP contribution in [0.25, 0.3) is 0 Å². The minimum absolute atomic E-state index is 0.00343. The fraction of sp³-hybridized carbons (Fsp3) is 0.889. The summed E-state index contributed by atoms with van der Waals surface area (Å²) in [4.78, 5) is 11.3. The summed E-state index contributed by atoms with van der Waals surface area (Å²) in [6, 6.07) is 0.457. The van der Waals surface area contributed by atoms with E-state index in [2.05, 4.69) is 31.4 Å². The molecular weight excluding hydrogens is 152 g/mol. The topological polar surface area (TPSA) is 41.1 Å². The Balaban J connectivity index is 2.53. The van der Waals surface area contributed by atoms with Gasteiger partial charge in [0.2, 0.25) is 5.91 Å². The molecule has 2 atom stereocenters. The van der Waals surface area contributed by atoms with E-state index in [0.717, 1.165) is 13.0 Å². The number of hydrogen-bond donors (Lipinski definition) is 2. The van der Waals surface area contributed by atoms with Crippen LogP contribution in [-0.2, 0) is 4.79 Å². The number of amides is 1. The molecule has 1 aliphatic heterocycles. The molecular formula is C9H18N2O. The zero-order valence-electron chi connectivity index (χ0n) is 8.05. The van der Waals surface area contributed by atoms with Crippen molar-refractivity contribution in [3.63, 3.8) is 0 Å². The summed E-state index contributed by atoms with van der Waals surface area (Å²) in [6.45, 7) is 7.04. The van der Waals surface area contributed by atoms with Crippen molar-refractivity contribution >= 4 is 5.91 Å². The normalized spacial score (nSPS) is 30.5. The molecule has 1 rings (SSSR count). The Morgan fingerprint density at radius 1 is 1.58 bits per heavy atom. The summed E-state index contributed by atoms with van der Waals surface area (Å²) in [5, 5.41) is 6.25. The van der Waals surface area contributed by atoms with Gasteiger partial charge in [0.05, 0.1) is 6.04 Å². The molecule has 0 aliphatic carbocycles. The Morgan fingerprint density at radius 3 is 2.75 bits per heavy atom. The molecule has 2 N–H and O–H groups in total. The van der Waals surface area contributed by atoms with E-state index in [1.165, 1.54) is 0 Å². The maximum atomic E-state index is 11.3. The lowest BCUT2D eigenvalue weighted by Crippen LogP contribution is -2.59. The highest BCUT2D eigenvalue weighted by atomic mass is 16.2. The molecule has 0 aromatic carbocycles. The van der Waals surface area contributed by atoms with Gasteiger partial charge in [-0.15, -0.1) is 0 Å². The van der Waals surface area contributed by atoms with Crippen LogP contribution in [0, 0.1) is 5.92 Å². The van der Waals surface area contributed by atoms with Gasteiger partial charge in [0.1, 0.15) is 0 Å². The van der Waals surface area contributed by atoms with Crippen LogP contribution >= 0.6 is 0 Å². The quantitative estimate of drug-likeness (QED) is 0.634. The highest BCUT2D eigenvalue weighted by molar-refractivity contribution is 5.82. The van der Waals surface area contributed by atoms with Crippen molar-refractivity contribution in [2.45, 2.75) is 39.3 Å². The van der Waals surface area contributed by atoms with Gasteiger partial charge in [0.15, 0.2) is 0 Å². The Bertz CT molecular complexity index is 168. The largest absolute Gasteiger partial charge is 0.353 e. The predicted octanol–water partition coefficient (Wildman–Crippen LogP) is 0.509. The molecule has 70 valence electrons. The van der Waals surface area contributed by atoms with Crippen LogP contribution in [0.2, 0.25) is 0 Å². The van der Waals surface area contributed by atoms with Crippen molar-refractivity contribution < 1.29 is 4.79 Å². The van der Waals surface area contributed by atoms with Crippen LogP contribution in [0.5, 0.6) is 0 Å². The second-order valence-electron chi connectivity index (χ2n) is 3.74. The van der Waals surface area contributed by atoms with E-state index in [1.54, 1.807) is 0 Å². The molecule has 3 heteroatoms. The zero-order valence-corrected chi connectivity index (χ0v) is 8.05. The third kappa shape index (κ3) is 1.97. The van der Waals surface area contributed by atoms with E-state index in [1.807, 2.05) is 0 Å². The first kappa shape index (κ1) is 9.52. The van der Waals surface area contributed by atoms with Gasteiger partial charge in [-0.3, -0.25) is 4.79 Å². The number of hydrogen-bond acceptors (Lipinski definition) is 2. The molecule has 2 unspecified atom stereocenters. The second kappa shape index (κ2) is 3.90. The van der Waals surface area contributed by atoms with Crippen molar-refractivity contribution in [2.75, 3.05) is 6.54 Å². The summed E-state index contributed by atoms with van der Waals surface area (Å²) in [5.41, 5.74) is 0. The first-order valence-electron chi connectivity index (χ1n) is 4.69. The van der Waals surface area contributed by atoms with Gasteiger partial charge in [-0.05, 0) is 12.3 Å². The van der Waals surface area contributed by atoms with Gasteiger partial charge in [-0.2, -0.15) is 0 Å². The molecule has 0 radical (unpaired) electrons. The average Bonchev–Trinajstić information content (AvgIpc) is 2.05. The molecule has 1 amide bonds. The third-order valence-electron chi connectivity index (χ3n) is 2.38. The predicted molar refractivity (Wildman–Crippen MR) is 48.9 cm³/mol. The number of nitrogens with one attached hydrogen (secondary N) is 2. The highest BCUT2D eigenvalue weighted by Gasteiger charge is 2.28. The van der Waals surface area contributed by atoms with Gasteiger partial charge in [-0.1, -0.05) is 20.8 Å². The monoisotopic (exact) mass is 170 g/mol. The summed E-state index contributed by atoms with van der Waals surface area (Å²) in [6.07, 6.45) is 1.07. The van der Waals surface area contributed by atoms with Gasteiger partial charge in [0, 0.05) is 12.6 Å². The maximum Gasteiger partial charge on any atom is 0.237 e. The molecule has 0 spiro atoms. The molecule has 0 aromatic heterocycles. The average molecular weight is 170 g/mol. The maximum absolute atomic E-state index is 11.3. The molecule has 1 saturated heterocycles. The molecule has 1 aliphatic rings. The Kier molecular flexibility index (Phi) is 3.09. The van der Waals surface area contributed by atoms with Gasteiger partial charge in [-0.25, -0.2) is 0 Å². The van der Waals surface area contributed by atoms with Crippen molar-refractivity contribution in [1.29, 1.82) is 0 Å². The fourth-order valence-electron chi connectivity index (χ4n) is 1.48. The molecule has 0 saturated carbocycles. The number of carbonyl (C=O) groups is 1. The van der Waals surface area contributed by atoms with Crippen molar-refractivity contribution in [2.24, 2.45) is 5.92 Å². The first-order valence-corrected chi connectivity index (χ1v) is 4.69. The number of carbonyl (C=O) groups excluding carboxylic acids is 1. The zero-order chi connectivity index (χ0) is 9.14. The number of rotatable bonds is 2. The Morgan fingerprint density at radius 2 is 2.25 bits per heavy atom. The van der Waals surface area contributed by atoms with Crippen LogP contribution in [0.1, 0.15) is 27.2 Å². The minimum atomic E-state index is 0.00343. The van der Waals surface area contributed by atoms with E-state index in [9.17, 15) is 4.79 Å². The van der Waals surface area contributed by atoms with Crippen molar-refractivity contribution in [3.8, 4) is 0 Å². The van der Waals surface area contributed by atoms with Crippen LogP contribution in [-0.4, -0.2) is 24.5 Å². The molecule has 1 heterocycles. The molecule has 1 fully saturated rings. The Hall–Kier alpha value is -0.570. The fourth-order valence-corrected chi connectivity index (χ4v) is 1.48. The molecule has 3 nitrogen and oxygen atoms in total. The van der Waals surface area contributed by atoms with Crippen LogP contribution in [0.15, 0.2) is 0 Å². The number of piperazine rings is 1. The third-order valence-corrected chi connectivity index (χ3v) is 2.38. The van der Waals surface area contributed by atoms with Gasteiger partial charge >= 0.3 is 0 Å². The summed E-state index contributed by atoms with van der Waals surface area (Å²) >= 11 is 0. The molecule has 0 aromatic rings. The van der Waals surface area contributed by atoms with E-state index >= 15 is 0 Å². The van der Waals surface area contributed by atoms with E-state index in [0.29, 0.717) is 12.0 Å². The lowest BCUT2D eigenvalue weighted by atomic mass is 9.99. The van der Waals surface area contributed by atoms with Crippen molar-refractivity contribution in [3.05, 3.63) is 0 Å². The van der Waals surface area contributed by atoms with E-state index in [-0.39, 0.29) is 11.9 Å². The first-order chi connectivity index (χ1) is 5.65. The summed E-state index contributed by atoms with van der Waals surface area (Å²) < 4.78 is 0. The van der Waals surface area contributed by atoms with Gasteiger partial charge in [0.25, 0.3) is 0 Å². The summed E-state index contributed by atoms with van der Waals surface area (Å²) in [7, 11) is 0. The summed E-state index contributed by atoms with van der Waals surface area (Å²) in [5.74, 6) is 0.522. The molecule has 12 heavy (non-hydrogen) atoms. The standard InChI is InChI=1S/C9H18N2O/c1-4-7-5-10-9(12)8(11-7)6(2)3/h6-8,11H,4-5H2,1-3H3,(H,10,12). The highest BCUT2D eigenvalue weighted by Crippen LogP contribution is 2.07. The van der Waals surface area contributed by atoms with Crippen LogP contribution in [0.4, 0.5) is 0 Å². The van der Waals surface area contributed by atoms with E-state index < -0.39 is 0 Å². The second-order valence-corrected chi connectivity index (χ2v) is 3.74. The lowest BCUT2D eigenvalue weighted by Gasteiger charge is -2.32. The smallest absolute Gasteiger partial charge is 0.237 e. The lowest BCUT2D eigenvalue weighted by molar-refractivity contribution is -0.126. The van der Waals surface area contributed by atoms with Crippen LogP contribution < -0.4 is 10.6 Å². The minimum Gasteiger partial charge on any atom is -0.353 e. The van der Waals surface area contributed by atoms with Gasteiger partial charge < -0.3 is 10.6 Å². The van der Waals surface area contributed by atoms with Crippen LogP contribution in [0.3, 0.4) is 0 Å². The molecule has 0 bridgehead atoms.